The van der Waals surface area contributed by atoms with Gasteiger partial charge in [0.2, 0.25) is 0 Å². The van der Waals surface area contributed by atoms with Crippen LogP contribution in [0.15, 0.2) is 34.5 Å². The summed E-state index contributed by atoms with van der Waals surface area (Å²) < 4.78 is 0. The van der Waals surface area contributed by atoms with Crippen LogP contribution in [0.3, 0.4) is 0 Å². The standard InChI is InChI=1S/C13H18ClNO/c1-10(2)15-7-12(9-16)6-11(3)4-5-13(14)8-15/h4-5,7,9-10H,6,8H2,1-3H3/b11-4-,12-7+,13-5+. The first-order valence-corrected chi connectivity index (χ1v) is 5.84. The molecule has 0 aromatic carbocycles. The Hall–Kier alpha value is -1.02. The Bertz CT molecular complexity index is 353. The highest BCUT2D eigenvalue weighted by Crippen LogP contribution is 2.17. The van der Waals surface area contributed by atoms with E-state index in [2.05, 4.69) is 18.7 Å². The number of carbonyl (C=O) groups is 1. The first kappa shape index (κ1) is 13.0. The fourth-order valence-electron chi connectivity index (χ4n) is 1.55. The topological polar surface area (TPSA) is 20.3 Å². The highest BCUT2D eigenvalue weighted by atomic mass is 35.5. The van der Waals surface area contributed by atoms with Gasteiger partial charge in [0, 0.05) is 22.8 Å². The molecule has 1 aliphatic heterocycles. The predicted molar refractivity (Wildman–Crippen MR) is 68.3 cm³/mol. The second kappa shape index (κ2) is 5.90. The van der Waals surface area contributed by atoms with E-state index >= 15 is 0 Å². The van der Waals surface area contributed by atoms with Gasteiger partial charge >= 0.3 is 0 Å². The quantitative estimate of drug-likeness (QED) is 0.690. The van der Waals surface area contributed by atoms with E-state index in [1.807, 2.05) is 25.3 Å². The van der Waals surface area contributed by atoms with Gasteiger partial charge in [0.1, 0.15) is 6.29 Å². The largest absolute Gasteiger partial charge is 0.369 e. The van der Waals surface area contributed by atoms with Crippen LogP contribution >= 0.6 is 11.6 Å². The Kier molecular flexibility index (Phi) is 4.81. The fraction of sp³-hybridized carbons (Fsp3) is 0.462. The molecular formula is C13H18ClNO. The van der Waals surface area contributed by atoms with Crippen LogP contribution in [0.25, 0.3) is 0 Å². The van der Waals surface area contributed by atoms with Gasteiger partial charge in [-0.3, -0.25) is 4.79 Å². The maximum Gasteiger partial charge on any atom is 0.147 e. The summed E-state index contributed by atoms with van der Waals surface area (Å²) in [5.41, 5.74) is 1.93. The molecular weight excluding hydrogens is 222 g/mol. The molecule has 16 heavy (non-hydrogen) atoms. The number of halogens is 1. The van der Waals surface area contributed by atoms with Gasteiger partial charge in [-0.25, -0.2) is 0 Å². The zero-order valence-corrected chi connectivity index (χ0v) is 10.8. The van der Waals surface area contributed by atoms with Gasteiger partial charge < -0.3 is 4.90 Å². The summed E-state index contributed by atoms with van der Waals surface area (Å²) in [4.78, 5) is 13.0. The molecule has 2 nitrogen and oxygen atoms in total. The van der Waals surface area contributed by atoms with E-state index in [4.69, 9.17) is 11.6 Å². The first-order chi connectivity index (χ1) is 7.52. The third-order valence-corrected chi connectivity index (χ3v) is 2.76. The van der Waals surface area contributed by atoms with E-state index in [0.29, 0.717) is 19.0 Å². The Morgan fingerprint density at radius 2 is 2.12 bits per heavy atom. The molecule has 0 spiro atoms. The minimum absolute atomic E-state index is 0.329. The Labute approximate surface area is 102 Å². The van der Waals surface area contributed by atoms with Crippen LogP contribution in [0.2, 0.25) is 0 Å². The first-order valence-electron chi connectivity index (χ1n) is 5.46. The maximum absolute atomic E-state index is 11.0. The molecule has 3 heteroatoms. The van der Waals surface area contributed by atoms with E-state index in [9.17, 15) is 4.79 Å². The van der Waals surface area contributed by atoms with Crippen LogP contribution in [0.1, 0.15) is 27.2 Å². The lowest BCUT2D eigenvalue weighted by atomic mass is 10.1. The summed E-state index contributed by atoms with van der Waals surface area (Å²) >= 11 is 6.12. The van der Waals surface area contributed by atoms with Crippen molar-refractivity contribution in [3.05, 3.63) is 34.5 Å². The number of allylic oxidation sites excluding steroid dienone is 4. The summed E-state index contributed by atoms with van der Waals surface area (Å²) in [7, 11) is 0. The van der Waals surface area contributed by atoms with Crippen molar-refractivity contribution in [2.24, 2.45) is 0 Å². The van der Waals surface area contributed by atoms with E-state index < -0.39 is 0 Å². The summed E-state index contributed by atoms with van der Waals surface area (Å²) in [6.45, 7) is 6.83. The van der Waals surface area contributed by atoms with Crippen molar-refractivity contribution in [1.82, 2.24) is 4.90 Å². The van der Waals surface area contributed by atoms with Crippen molar-refractivity contribution in [3.8, 4) is 0 Å². The van der Waals surface area contributed by atoms with Crippen molar-refractivity contribution in [2.45, 2.75) is 33.2 Å². The minimum atomic E-state index is 0.329. The second-order valence-corrected chi connectivity index (χ2v) is 4.88. The lowest BCUT2D eigenvalue weighted by molar-refractivity contribution is -0.105. The Morgan fingerprint density at radius 3 is 2.69 bits per heavy atom. The molecule has 0 unspecified atom stereocenters. The minimum Gasteiger partial charge on any atom is -0.369 e. The molecule has 0 amide bonds. The molecule has 1 rings (SSSR count). The van der Waals surface area contributed by atoms with Crippen molar-refractivity contribution in [3.63, 3.8) is 0 Å². The van der Waals surface area contributed by atoms with Crippen LogP contribution in [0, 0.1) is 0 Å². The van der Waals surface area contributed by atoms with E-state index in [-0.39, 0.29) is 0 Å². The van der Waals surface area contributed by atoms with Crippen molar-refractivity contribution in [2.75, 3.05) is 6.54 Å². The van der Waals surface area contributed by atoms with Crippen LogP contribution in [-0.2, 0) is 4.79 Å². The van der Waals surface area contributed by atoms with E-state index in [1.54, 1.807) is 0 Å². The third kappa shape index (κ3) is 3.86. The van der Waals surface area contributed by atoms with Crippen molar-refractivity contribution < 1.29 is 4.79 Å². The zero-order valence-electron chi connectivity index (χ0n) is 10.0. The van der Waals surface area contributed by atoms with Gasteiger partial charge in [-0.2, -0.15) is 0 Å². The maximum atomic E-state index is 11.0. The Balaban J connectivity index is 3.02. The van der Waals surface area contributed by atoms with Gasteiger partial charge in [-0.1, -0.05) is 23.3 Å². The van der Waals surface area contributed by atoms with E-state index in [0.717, 1.165) is 22.5 Å². The number of aldehydes is 1. The molecule has 0 aromatic rings. The second-order valence-electron chi connectivity index (χ2n) is 4.39. The number of rotatable bonds is 2. The molecule has 0 aromatic heterocycles. The van der Waals surface area contributed by atoms with Gasteiger partial charge in [-0.15, -0.1) is 0 Å². The zero-order chi connectivity index (χ0) is 12.1. The molecule has 0 saturated heterocycles. The number of hydrogen-bond acceptors (Lipinski definition) is 2. The van der Waals surface area contributed by atoms with Gasteiger partial charge in [0.05, 0.1) is 6.54 Å². The fourth-order valence-corrected chi connectivity index (χ4v) is 1.75. The molecule has 88 valence electrons. The Morgan fingerprint density at radius 1 is 1.44 bits per heavy atom. The van der Waals surface area contributed by atoms with Crippen LogP contribution in [0.4, 0.5) is 0 Å². The summed E-state index contributed by atoms with van der Waals surface area (Å²) in [5.74, 6) is 0. The molecule has 0 aliphatic carbocycles. The van der Waals surface area contributed by atoms with Crippen LogP contribution < -0.4 is 0 Å². The lowest BCUT2D eigenvalue weighted by Gasteiger charge is -2.25. The van der Waals surface area contributed by atoms with Crippen LogP contribution in [-0.4, -0.2) is 23.8 Å². The predicted octanol–water partition coefficient (Wildman–Crippen LogP) is 3.25. The smallest absolute Gasteiger partial charge is 0.147 e. The van der Waals surface area contributed by atoms with Gasteiger partial charge in [-0.05, 0) is 33.3 Å². The van der Waals surface area contributed by atoms with E-state index in [1.165, 1.54) is 0 Å². The molecule has 0 fully saturated rings. The highest BCUT2D eigenvalue weighted by Gasteiger charge is 2.10. The lowest BCUT2D eigenvalue weighted by Crippen LogP contribution is -2.27. The van der Waals surface area contributed by atoms with Gasteiger partial charge in [0.25, 0.3) is 0 Å². The molecule has 0 atom stereocenters. The SMILES string of the molecule is C/C1=C/C=C(/Cl)CN(C(C)C)/C=C(/C=O)C1. The summed E-state index contributed by atoms with van der Waals surface area (Å²) in [5, 5.41) is 0.788. The van der Waals surface area contributed by atoms with Crippen molar-refractivity contribution >= 4 is 17.9 Å². The van der Waals surface area contributed by atoms with Gasteiger partial charge in [0.15, 0.2) is 0 Å². The summed E-state index contributed by atoms with van der Waals surface area (Å²) in [6.07, 6.45) is 7.41. The molecule has 1 aliphatic rings. The summed E-state index contributed by atoms with van der Waals surface area (Å²) in [6, 6.07) is 0.329. The average Bonchev–Trinajstić information content (AvgIpc) is 2.29. The van der Waals surface area contributed by atoms with Crippen LogP contribution in [0.5, 0.6) is 0 Å². The monoisotopic (exact) mass is 239 g/mol. The average molecular weight is 240 g/mol. The molecule has 0 saturated carbocycles. The number of nitrogens with zero attached hydrogens (tertiary/aromatic N) is 1. The van der Waals surface area contributed by atoms with Crippen molar-refractivity contribution in [1.29, 1.82) is 0 Å². The highest BCUT2D eigenvalue weighted by molar-refractivity contribution is 6.30. The number of hydrogen-bond donors (Lipinski definition) is 0. The number of carbonyl (C=O) groups excluding carboxylic acids is 1. The molecule has 1 heterocycles. The normalized spacial score (nSPS) is 27.8. The molecule has 0 radical (unpaired) electrons. The molecule has 0 bridgehead atoms. The third-order valence-electron chi connectivity index (χ3n) is 2.51. The molecule has 0 N–H and O–H groups in total.